The molecule has 0 unspecified atom stereocenters. The SMILES string of the molecule is C[C@@H]1CC[C@H](C)N1CCN1CCN(C(=O)[C@H]2CCNC2)CC1. The largest absolute Gasteiger partial charge is 0.340 e. The molecular weight excluding hydrogens is 276 g/mol. The van der Waals surface area contributed by atoms with Gasteiger partial charge in [-0.05, 0) is 39.7 Å². The third-order valence-electron chi connectivity index (χ3n) is 5.90. The highest BCUT2D eigenvalue weighted by Crippen LogP contribution is 2.23. The lowest BCUT2D eigenvalue weighted by atomic mass is 10.1. The molecule has 0 spiro atoms. The lowest BCUT2D eigenvalue weighted by molar-refractivity contribution is -0.136. The molecule has 5 heteroatoms. The Balaban J connectivity index is 1.39. The second-order valence-corrected chi connectivity index (χ2v) is 7.37. The number of rotatable bonds is 4. The molecule has 22 heavy (non-hydrogen) atoms. The molecule has 3 aliphatic heterocycles. The average molecular weight is 308 g/mol. The topological polar surface area (TPSA) is 38.8 Å². The molecule has 0 saturated carbocycles. The maximum atomic E-state index is 12.4. The second-order valence-electron chi connectivity index (χ2n) is 7.37. The number of amides is 1. The van der Waals surface area contributed by atoms with Gasteiger partial charge in [-0.25, -0.2) is 0 Å². The number of hydrogen-bond acceptors (Lipinski definition) is 4. The molecule has 0 aliphatic carbocycles. The van der Waals surface area contributed by atoms with Gasteiger partial charge in [-0.3, -0.25) is 14.6 Å². The molecule has 3 atom stereocenters. The van der Waals surface area contributed by atoms with Gasteiger partial charge in [0.1, 0.15) is 0 Å². The summed E-state index contributed by atoms with van der Waals surface area (Å²) in [4.78, 5) is 19.7. The smallest absolute Gasteiger partial charge is 0.227 e. The Bertz CT molecular complexity index is 365. The van der Waals surface area contributed by atoms with Crippen LogP contribution in [-0.2, 0) is 4.79 Å². The van der Waals surface area contributed by atoms with Gasteiger partial charge in [0.2, 0.25) is 5.91 Å². The molecular formula is C17H32N4O. The molecule has 0 bridgehead atoms. The summed E-state index contributed by atoms with van der Waals surface area (Å²) in [6.45, 7) is 12.9. The summed E-state index contributed by atoms with van der Waals surface area (Å²) < 4.78 is 0. The van der Waals surface area contributed by atoms with Gasteiger partial charge in [0.05, 0.1) is 5.92 Å². The van der Waals surface area contributed by atoms with E-state index in [0.717, 1.165) is 64.3 Å². The van der Waals surface area contributed by atoms with Gasteiger partial charge < -0.3 is 10.2 Å². The number of nitrogens with zero attached hydrogens (tertiary/aromatic N) is 3. The second kappa shape index (κ2) is 7.28. The van der Waals surface area contributed by atoms with Gasteiger partial charge in [-0.1, -0.05) is 0 Å². The van der Waals surface area contributed by atoms with Crippen LogP contribution >= 0.6 is 0 Å². The Labute approximate surface area is 135 Å². The van der Waals surface area contributed by atoms with Crippen LogP contribution in [0.25, 0.3) is 0 Å². The number of likely N-dealkylation sites (tertiary alicyclic amines) is 1. The molecule has 0 aromatic rings. The molecule has 3 aliphatic rings. The maximum Gasteiger partial charge on any atom is 0.227 e. The van der Waals surface area contributed by atoms with Crippen LogP contribution in [-0.4, -0.2) is 85.0 Å². The first-order chi connectivity index (χ1) is 10.6. The van der Waals surface area contributed by atoms with Gasteiger partial charge in [0, 0.05) is 57.9 Å². The molecule has 0 aromatic carbocycles. The highest BCUT2D eigenvalue weighted by molar-refractivity contribution is 5.79. The van der Waals surface area contributed by atoms with Crippen molar-refractivity contribution < 1.29 is 4.79 Å². The molecule has 3 saturated heterocycles. The predicted molar refractivity (Wildman–Crippen MR) is 88.9 cm³/mol. The fourth-order valence-corrected chi connectivity index (χ4v) is 4.26. The van der Waals surface area contributed by atoms with Crippen LogP contribution in [0.4, 0.5) is 0 Å². The highest BCUT2D eigenvalue weighted by Gasteiger charge is 2.30. The van der Waals surface area contributed by atoms with Crippen LogP contribution < -0.4 is 5.32 Å². The first kappa shape index (κ1) is 16.2. The van der Waals surface area contributed by atoms with E-state index in [2.05, 4.69) is 33.9 Å². The summed E-state index contributed by atoms with van der Waals surface area (Å²) in [5.41, 5.74) is 0. The average Bonchev–Trinajstić information content (AvgIpc) is 3.17. The van der Waals surface area contributed by atoms with Crippen LogP contribution in [0, 0.1) is 5.92 Å². The lowest BCUT2D eigenvalue weighted by Crippen LogP contribution is -2.52. The Hall–Kier alpha value is -0.650. The van der Waals surface area contributed by atoms with Crippen LogP contribution in [0.3, 0.4) is 0 Å². The molecule has 3 fully saturated rings. The van der Waals surface area contributed by atoms with Crippen molar-refractivity contribution in [2.45, 2.75) is 45.2 Å². The van der Waals surface area contributed by atoms with Crippen LogP contribution in [0.2, 0.25) is 0 Å². The first-order valence-electron chi connectivity index (χ1n) is 9.12. The number of nitrogens with one attached hydrogen (secondary N) is 1. The zero-order chi connectivity index (χ0) is 15.5. The van der Waals surface area contributed by atoms with Crippen LogP contribution in [0.1, 0.15) is 33.1 Å². The third-order valence-corrected chi connectivity index (χ3v) is 5.90. The van der Waals surface area contributed by atoms with Crippen molar-refractivity contribution >= 4 is 5.91 Å². The van der Waals surface area contributed by atoms with Crippen molar-refractivity contribution in [2.75, 3.05) is 52.4 Å². The summed E-state index contributed by atoms with van der Waals surface area (Å²) in [5, 5.41) is 3.30. The normalized spacial score (nSPS) is 34.5. The van der Waals surface area contributed by atoms with E-state index in [1.165, 1.54) is 19.4 Å². The monoisotopic (exact) mass is 308 g/mol. The van der Waals surface area contributed by atoms with Crippen molar-refractivity contribution in [3.63, 3.8) is 0 Å². The third kappa shape index (κ3) is 3.63. The number of carbonyl (C=O) groups is 1. The summed E-state index contributed by atoms with van der Waals surface area (Å²) in [6.07, 6.45) is 3.71. The summed E-state index contributed by atoms with van der Waals surface area (Å²) in [7, 11) is 0. The summed E-state index contributed by atoms with van der Waals surface area (Å²) in [5.74, 6) is 0.615. The number of hydrogen-bond donors (Lipinski definition) is 1. The predicted octanol–water partition coefficient (Wildman–Crippen LogP) is 0.613. The Kier molecular flexibility index (Phi) is 5.37. The standard InChI is InChI=1S/C17H32N4O/c1-14-3-4-15(2)21(14)12-9-19-7-10-20(11-8-19)17(22)16-5-6-18-13-16/h14-16,18H,3-13H2,1-2H3/t14-,15+,16-/m0/s1. The minimum atomic E-state index is 0.234. The van der Waals surface area contributed by atoms with Crippen LogP contribution in [0.15, 0.2) is 0 Å². The number of piperazine rings is 1. The highest BCUT2D eigenvalue weighted by atomic mass is 16.2. The molecule has 0 aromatic heterocycles. The van der Waals surface area contributed by atoms with Crippen LogP contribution in [0.5, 0.6) is 0 Å². The Morgan fingerprint density at radius 3 is 2.27 bits per heavy atom. The summed E-state index contributed by atoms with van der Waals surface area (Å²) in [6, 6.07) is 1.49. The molecule has 126 valence electrons. The van der Waals surface area contributed by atoms with Gasteiger partial charge in [0.15, 0.2) is 0 Å². The molecule has 0 radical (unpaired) electrons. The fourth-order valence-electron chi connectivity index (χ4n) is 4.26. The minimum Gasteiger partial charge on any atom is -0.340 e. The van der Waals surface area contributed by atoms with Crippen molar-refractivity contribution in [1.82, 2.24) is 20.0 Å². The van der Waals surface area contributed by atoms with Crippen molar-refractivity contribution in [1.29, 1.82) is 0 Å². The van der Waals surface area contributed by atoms with Gasteiger partial charge in [-0.15, -0.1) is 0 Å². The number of carbonyl (C=O) groups excluding carboxylic acids is 1. The maximum absolute atomic E-state index is 12.4. The summed E-state index contributed by atoms with van der Waals surface area (Å²) >= 11 is 0. The van der Waals surface area contributed by atoms with E-state index >= 15 is 0 Å². The quantitative estimate of drug-likeness (QED) is 0.826. The van der Waals surface area contributed by atoms with E-state index in [4.69, 9.17) is 0 Å². The zero-order valence-corrected chi connectivity index (χ0v) is 14.3. The van der Waals surface area contributed by atoms with E-state index in [0.29, 0.717) is 5.91 Å². The Morgan fingerprint density at radius 1 is 1.00 bits per heavy atom. The van der Waals surface area contributed by atoms with Crippen molar-refractivity contribution in [3.05, 3.63) is 0 Å². The molecule has 1 N–H and O–H groups in total. The zero-order valence-electron chi connectivity index (χ0n) is 14.3. The van der Waals surface area contributed by atoms with E-state index in [9.17, 15) is 4.79 Å². The molecule has 5 nitrogen and oxygen atoms in total. The first-order valence-corrected chi connectivity index (χ1v) is 9.12. The van der Waals surface area contributed by atoms with E-state index in [-0.39, 0.29) is 5.92 Å². The molecule has 3 rings (SSSR count). The van der Waals surface area contributed by atoms with Gasteiger partial charge in [0.25, 0.3) is 0 Å². The fraction of sp³-hybridized carbons (Fsp3) is 0.941. The van der Waals surface area contributed by atoms with Gasteiger partial charge in [-0.2, -0.15) is 0 Å². The van der Waals surface area contributed by atoms with Crippen molar-refractivity contribution in [2.24, 2.45) is 5.92 Å². The van der Waals surface area contributed by atoms with E-state index in [1.54, 1.807) is 0 Å². The lowest BCUT2D eigenvalue weighted by Gasteiger charge is -2.37. The minimum absolute atomic E-state index is 0.234. The van der Waals surface area contributed by atoms with Crippen molar-refractivity contribution in [3.8, 4) is 0 Å². The van der Waals surface area contributed by atoms with E-state index < -0.39 is 0 Å². The van der Waals surface area contributed by atoms with E-state index in [1.807, 2.05) is 0 Å². The Morgan fingerprint density at radius 2 is 1.68 bits per heavy atom. The molecule has 3 heterocycles. The molecule has 1 amide bonds. The van der Waals surface area contributed by atoms with Gasteiger partial charge >= 0.3 is 0 Å².